The van der Waals surface area contributed by atoms with Crippen molar-refractivity contribution < 1.29 is 0 Å². The lowest BCUT2D eigenvalue weighted by Gasteiger charge is -2.15. The second kappa shape index (κ2) is 6.58. The minimum absolute atomic E-state index is 0.706. The fourth-order valence-electron chi connectivity index (χ4n) is 2.34. The number of hydrogen-bond donors (Lipinski definition) is 1. The molecule has 2 aromatic rings. The van der Waals surface area contributed by atoms with Crippen molar-refractivity contribution >= 4 is 11.8 Å². The standard InChI is InChI=1S/C15H21N5S/c1-3-21-15-16-7-11(8-17-15)9-20(2)10-13-6-14(19-18-13)12-4-5-12/h6-8,12H,3-5,9-10H2,1-2H3,(H,18,19). The normalized spacial score (nSPS) is 14.8. The summed E-state index contributed by atoms with van der Waals surface area (Å²) < 4.78 is 0. The molecule has 0 bridgehead atoms. The second-order valence-corrected chi connectivity index (χ2v) is 6.80. The van der Waals surface area contributed by atoms with Gasteiger partial charge in [0, 0.05) is 42.7 Å². The molecule has 2 heterocycles. The minimum Gasteiger partial charge on any atom is -0.296 e. The fourth-order valence-corrected chi connectivity index (χ4v) is 2.85. The van der Waals surface area contributed by atoms with Crippen molar-refractivity contribution in [3.8, 4) is 0 Å². The van der Waals surface area contributed by atoms with Gasteiger partial charge in [-0.2, -0.15) is 5.10 Å². The number of aromatic nitrogens is 4. The molecule has 0 amide bonds. The molecule has 0 unspecified atom stereocenters. The molecule has 112 valence electrons. The van der Waals surface area contributed by atoms with Crippen LogP contribution in [0.1, 0.15) is 42.6 Å². The van der Waals surface area contributed by atoms with Crippen molar-refractivity contribution in [2.24, 2.45) is 0 Å². The highest BCUT2D eigenvalue weighted by Gasteiger charge is 2.26. The van der Waals surface area contributed by atoms with Gasteiger partial charge < -0.3 is 0 Å². The number of nitrogens with zero attached hydrogens (tertiary/aromatic N) is 4. The quantitative estimate of drug-likeness (QED) is 0.629. The Hall–Kier alpha value is -1.40. The molecule has 0 aromatic carbocycles. The van der Waals surface area contributed by atoms with E-state index in [1.165, 1.54) is 24.2 Å². The Balaban J connectivity index is 1.53. The first-order chi connectivity index (χ1) is 10.2. The van der Waals surface area contributed by atoms with Gasteiger partial charge in [-0.15, -0.1) is 0 Å². The van der Waals surface area contributed by atoms with Gasteiger partial charge in [0.05, 0.1) is 5.69 Å². The van der Waals surface area contributed by atoms with Gasteiger partial charge in [0.2, 0.25) is 0 Å². The van der Waals surface area contributed by atoms with Crippen LogP contribution >= 0.6 is 11.8 Å². The predicted molar refractivity (Wildman–Crippen MR) is 84.2 cm³/mol. The Labute approximate surface area is 129 Å². The third-order valence-electron chi connectivity index (χ3n) is 3.49. The van der Waals surface area contributed by atoms with Gasteiger partial charge in [-0.25, -0.2) is 9.97 Å². The summed E-state index contributed by atoms with van der Waals surface area (Å²) in [6.45, 7) is 3.82. The van der Waals surface area contributed by atoms with E-state index in [2.05, 4.69) is 45.1 Å². The highest BCUT2D eigenvalue weighted by molar-refractivity contribution is 7.99. The van der Waals surface area contributed by atoms with Gasteiger partial charge in [0.25, 0.3) is 0 Å². The molecule has 0 atom stereocenters. The largest absolute Gasteiger partial charge is 0.296 e. The van der Waals surface area contributed by atoms with E-state index in [1.807, 2.05) is 12.4 Å². The zero-order valence-electron chi connectivity index (χ0n) is 12.5. The number of aromatic amines is 1. The molecular formula is C15H21N5S. The molecule has 0 saturated heterocycles. The maximum Gasteiger partial charge on any atom is 0.187 e. The SMILES string of the molecule is CCSc1ncc(CN(C)Cc2cc(C3CC3)n[nH]2)cn1. The Morgan fingerprint density at radius 1 is 1.29 bits per heavy atom. The first-order valence-corrected chi connectivity index (χ1v) is 8.39. The Bertz CT molecular complexity index is 576. The lowest BCUT2D eigenvalue weighted by molar-refractivity contribution is 0.314. The molecule has 0 radical (unpaired) electrons. The number of H-pyrrole nitrogens is 1. The van der Waals surface area contributed by atoms with E-state index in [0.29, 0.717) is 5.92 Å². The number of rotatable bonds is 7. The van der Waals surface area contributed by atoms with Crippen LogP contribution in [0.4, 0.5) is 0 Å². The van der Waals surface area contributed by atoms with E-state index in [1.54, 1.807) is 11.8 Å². The minimum atomic E-state index is 0.706. The van der Waals surface area contributed by atoms with Gasteiger partial charge in [-0.1, -0.05) is 18.7 Å². The molecule has 3 rings (SSSR count). The van der Waals surface area contributed by atoms with E-state index in [4.69, 9.17) is 0 Å². The second-order valence-electron chi connectivity index (χ2n) is 5.57. The van der Waals surface area contributed by atoms with Gasteiger partial charge in [0.15, 0.2) is 5.16 Å². The summed E-state index contributed by atoms with van der Waals surface area (Å²) in [5.41, 5.74) is 3.54. The van der Waals surface area contributed by atoms with E-state index in [0.717, 1.165) is 29.6 Å². The van der Waals surface area contributed by atoms with Gasteiger partial charge in [-0.3, -0.25) is 10.00 Å². The van der Waals surface area contributed by atoms with E-state index in [9.17, 15) is 0 Å². The van der Waals surface area contributed by atoms with E-state index in [-0.39, 0.29) is 0 Å². The van der Waals surface area contributed by atoms with Crippen LogP contribution in [-0.2, 0) is 13.1 Å². The van der Waals surface area contributed by atoms with Crippen LogP contribution in [0.3, 0.4) is 0 Å². The average molecular weight is 303 g/mol. The zero-order chi connectivity index (χ0) is 14.7. The molecule has 6 heteroatoms. The molecule has 1 N–H and O–H groups in total. The summed E-state index contributed by atoms with van der Waals surface area (Å²) in [6, 6.07) is 2.20. The average Bonchev–Trinajstić information content (AvgIpc) is 3.22. The first-order valence-electron chi connectivity index (χ1n) is 7.41. The maximum atomic E-state index is 4.39. The van der Waals surface area contributed by atoms with E-state index >= 15 is 0 Å². The molecular weight excluding hydrogens is 282 g/mol. The molecule has 1 saturated carbocycles. The third-order valence-corrected chi connectivity index (χ3v) is 4.25. The molecule has 1 aliphatic carbocycles. The Morgan fingerprint density at radius 2 is 2.05 bits per heavy atom. The van der Waals surface area contributed by atoms with Gasteiger partial charge in [-0.05, 0) is 31.7 Å². The van der Waals surface area contributed by atoms with Crippen molar-refractivity contribution in [2.75, 3.05) is 12.8 Å². The number of nitrogens with one attached hydrogen (secondary N) is 1. The predicted octanol–water partition coefficient (Wildman–Crippen LogP) is 2.82. The highest BCUT2D eigenvalue weighted by atomic mass is 32.2. The summed E-state index contributed by atoms with van der Waals surface area (Å²) in [6.07, 6.45) is 6.42. The third kappa shape index (κ3) is 4.04. The topological polar surface area (TPSA) is 57.7 Å². The van der Waals surface area contributed by atoms with Crippen LogP contribution in [0.15, 0.2) is 23.6 Å². The highest BCUT2D eigenvalue weighted by Crippen LogP contribution is 2.39. The van der Waals surface area contributed by atoms with Crippen molar-refractivity contribution in [1.29, 1.82) is 0 Å². The summed E-state index contributed by atoms with van der Waals surface area (Å²) in [5.74, 6) is 1.71. The lowest BCUT2D eigenvalue weighted by Crippen LogP contribution is -2.17. The Morgan fingerprint density at radius 3 is 2.71 bits per heavy atom. The monoisotopic (exact) mass is 303 g/mol. The zero-order valence-corrected chi connectivity index (χ0v) is 13.4. The molecule has 1 fully saturated rings. The molecule has 21 heavy (non-hydrogen) atoms. The van der Waals surface area contributed by atoms with Crippen LogP contribution in [0.25, 0.3) is 0 Å². The molecule has 1 aliphatic rings. The van der Waals surface area contributed by atoms with Crippen LogP contribution in [-0.4, -0.2) is 37.9 Å². The van der Waals surface area contributed by atoms with Crippen molar-refractivity contribution in [3.05, 3.63) is 35.4 Å². The van der Waals surface area contributed by atoms with Crippen molar-refractivity contribution in [1.82, 2.24) is 25.1 Å². The molecule has 0 spiro atoms. The summed E-state index contributed by atoms with van der Waals surface area (Å²) in [7, 11) is 2.10. The smallest absolute Gasteiger partial charge is 0.187 e. The van der Waals surface area contributed by atoms with Crippen LogP contribution in [0.5, 0.6) is 0 Å². The Kier molecular flexibility index (Phi) is 4.55. The number of hydrogen-bond acceptors (Lipinski definition) is 5. The number of thioether (sulfide) groups is 1. The molecule has 2 aromatic heterocycles. The lowest BCUT2D eigenvalue weighted by atomic mass is 10.2. The van der Waals surface area contributed by atoms with Crippen LogP contribution < -0.4 is 0 Å². The van der Waals surface area contributed by atoms with Crippen molar-refractivity contribution in [2.45, 2.75) is 43.9 Å². The summed E-state index contributed by atoms with van der Waals surface area (Å²) >= 11 is 1.67. The fraction of sp³-hybridized carbons (Fsp3) is 0.533. The van der Waals surface area contributed by atoms with Gasteiger partial charge >= 0.3 is 0 Å². The summed E-state index contributed by atoms with van der Waals surface area (Å²) in [5, 5.41) is 8.39. The van der Waals surface area contributed by atoms with Crippen molar-refractivity contribution in [3.63, 3.8) is 0 Å². The molecule has 5 nitrogen and oxygen atoms in total. The van der Waals surface area contributed by atoms with Gasteiger partial charge in [0.1, 0.15) is 0 Å². The maximum absolute atomic E-state index is 4.39. The van der Waals surface area contributed by atoms with Crippen LogP contribution in [0.2, 0.25) is 0 Å². The summed E-state index contributed by atoms with van der Waals surface area (Å²) in [4.78, 5) is 11.0. The van der Waals surface area contributed by atoms with E-state index < -0.39 is 0 Å². The van der Waals surface area contributed by atoms with Crippen LogP contribution in [0, 0.1) is 0 Å². The molecule has 0 aliphatic heterocycles. The first kappa shape index (κ1) is 14.5.